The second-order valence-electron chi connectivity index (χ2n) is 5.40. The second kappa shape index (κ2) is 7.24. The number of fused-ring (bicyclic) bond motifs is 1. The number of nitrogens with zero attached hydrogens (tertiary/aromatic N) is 1. The zero-order valence-corrected chi connectivity index (χ0v) is 12.3. The number of H-pyrrole nitrogens is 2. The average molecular weight is 276 g/mol. The van der Waals surface area contributed by atoms with Gasteiger partial charge < -0.3 is 15.3 Å². The lowest BCUT2D eigenvalue weighted by molar-refractivity contribution is 0.483. The van der Waals surface area contributed by atoms with Crippen LogP contribution in [0.2, 0.25) is 0 Å². The molecule has 20 heavy (non-hydrogen) atoms. The van der Waals surface area contributed by atoms with Gasteiger partial charge in [-0.1, -0.05) is 32.6 Å². The predicted molar refractivity (Wildman–Crippen MR) is 81.8 cm³/mol. The maximum absolute atomic E-state index is 11.6. The Labute approximate surface area is 119 Å². The van der Waals surface area contributed by atoms with Crippen molar-refractivity contribution in [2.24, 2.45) is 0 Å². The van der Waals surface area contributed by atoms with Gasteiger partial charge in [-0.05, 0) is 13.3 Å². The first-order valence-corrected chi connectivity index (χ1v) is 7.49. The van der Waals surface area contributed by atoms with Gasteiger partial charge in [-0.25, -0.2) is 4.98 Å². The predicted octanol–water partition coefficient (Wildman–Crippen LogP) is 2.70. The van der Waals surface area contributed by atoms with E-state index in [9.17, 15) is 4.79 Å². The first-order chi connectivity index (χ1) is 9.72. The molecule has 0 fully saturated rings. The Morgan fingerprint density at radius 1 is 1.30 bits per heavy atom. The van der Waals surface area contributed by atoms with E-state index in [1.54, 1.807) is 0 Å². The van der Waals surface area contributed by atoms with Crippen molar-refractivity contribution in [2.45, 2.75) is 58.5 Å². The Bertz CT molecular complexity index is 587. The fraction of sp³-hybridized carbons (Fsp3) is 0.600. The van der Waals surface area contributed by atoms with E-state index < -0.39 is 0 Å². The monoisotopic (exact) mass is 276 g/mol. The Morgan fingerprint density at radius 2 is 2.15 bits per heavy atom. The van der Waals surface area contributed by atoms with E-state index in [0.717, 1.165) is 17.6 Å². The molecular weight excluding hydrogens is 252 g/mol. The van der Waals surface area contributed by atoms with Crippen molar-refractivity contribution in [3.8, 4) is 0 Å². The van der Waals surface area contributed by atoms with Gasteiger partial charge in [-0.15, -0.1) is 0 Å². The maximum Gasteiger partial charge on any atom is 0.275 e. The van der Waals surface area contributed by atoms with Gasteiger partial charge in [0.05, 0.1) is 11.8 Å². The van der Waals surface area contributed by atoms with Crippen LogP contribution in [0.1, 0.15) is 51.5 Å². The summed E-state index contributed by atoms with van der Waals surface area (Å²) >= 11 is 0. The van der Waals surface area contributed by atoms with Gasteiger partial charge in [0.15, 0.2) is 0 Å². The number of nitrogens with one attached hydrogen (secondary N) is 3. The largest absolute Gasteiger partial charge is 0.355 e. The summed E-state index contributed by atoms with van der Waals surface area (Å²) in [7, 11) is 0. The highest BCUT2D eigenvalue weighted by atomic mass is 16.1. The van der Waals surface area contributed by atoms with Crippen LogP contribution in [0, 0.1) is 0 Å². The third kappa shape index (κ3) is 3.70. The van der Waals surface area contributed by atoms with E-state index in [0.29, 0.717) is 11.6 Å². The van der Waals surface area contributed by atoms with E-state index in [-0.39, 0.29) is 5.56 Å². The van der Waals surface area contributed by atoms with E-state index >= 15 is 0 Å². The minimum atomic E-state index is -0.117. The number of rotatable bonds is 8. The molecule has 5 heteroatoms. The summed E-state index contributed by atoms with van der Waals surface area (Å²) in [5.41, 5.74) is 2.25. The molecule has 1 atom stereocenters. The minimum absolute atomic E-state index is 0.117. The normalized spacial score (nSPS) is 12.9. The van der Waals surface area contributed by atoms with Crippen LogP contribution in [0.15, 0.2) is 17.3 Å². The number of unbranched alkanes of at least 4 members (excludes halogenated alkanes) is 3. The molecule has 5 nitrogen and oxygen atoms in total. The Kier molecular flexibility index (Phi) is 5.35. The van der Waals surface area contributed by atoms with Crippen LogP contribution in [0.25, 0.3) is 11.0 Å². The topological polar surface area (TPSA) is 73.6 Å². The van der Waals surface area contributed by atoms with Crippen molar-refractivity contribution in [2.75, 3.05) is 0 Å². The first-order valence-electron chi connectivity index (χ1n) is 7.49. The van der Waals surface area contributed by atoms with E-state index in [2.05, 4.69) is 34.1 Å². The molecular formula is C15H24N4O. The average Bonchev–Trinajstić information content (AvgIpc) is 2.86. The summed E-state index contributed by atoms with van der Waals surface area (Å²) in [4.78, 5) is 21.4. The number of aromatic amines is 2. The third-order valence-corrected chi connectivity index (χ3v) is 3.68. The van der Waals surface area contributed by atoms with Crippen LogP contribution in [0.3, 0.4) is 0 Å². The standard InChI is InChI=1S/C15H24N4O/c1-3-4-5-6-7-11(2)16-8-12-9-17-14-13(12)18-10-19-15(14)20/h9-11,16-17H,3-8H2,1-2H3,(H,18,19,20)/t11-/m1/s1. The smallest absolute Gasteiger partial charge is 0.275 e. The molecule has 2 heterocycles. The fourth-order valence-corrected chi connectivity index (χ4v) is 2.40. The molecule has 3 N–H and O–H groups in total. The van der Waals surface area contributed by atoms with Crippen molar-refractivity contribution in [1.82, 2.24) is 20.3 Å². The Balaban J connectivity index is 1.86. The van der Waals surface area contributed by atoms with Crippen LogP contribution >= 0.6 is 0 Å². The highest BCUT2D eigenvalue weighted by molar-refractivity contribution is 5.77. The highest BCUT2D eigenvalue weighted by Crippen LogP contribution is 2.12. The Hall–Kier alpha value is -1.62. The third-order valence-electron chi connectivity index (χ3n) is 3.68. The Morgan fingerprint density at radius 3 is 2.95 bits per heavy atom. The van der Waals surface area contributed by atoms with Gasteiger partial charge in [0.2, 0.25) is 0 Å². The quantitative estimate of drug-likeness (QED) is 0.649. The fourth-order valence-electron chi connectivity index (χ4n) is 2.40. The lowest BCUT2D eigenvalue weighted by Crippen LogP contribution is -2.25. The van der Waals surface area contributed by atoms with Crippen LogP contribution in [0.5, 0.6) is 0 Å². The molecule has 0 bridgehead atoms. The summed E-state index contributed by atoms with van der Waals surface area (Å²) < 4.78 is 0. The molecule has 0 unspecified atom stereocenters. The van der Waals surface area contributed by atoms with Crippen molar-refractivity contribution < 1.29 is 0 Å². The van der Waals surface area contributed by atoms with E-state index in [4.69, 9.17) is 0 Å². The molecule has 110 valence electrons. The molecule has 0 saturated heterocycles. The molecule has 0 saturated carbocycles. The number of aromatic nitrogens is 3. The van der Waals surface area contributed by atoms with E-state index in [1.165, 1.54) is 38.4 Å². The summed E-state index contributed by atoms with van der Waals surface area (Å²) in [6.07, 6.45) is 9.69. The lowest BCUT2D eigenvalue weighted by atomic mass is 10.1. The van der Waals surface area contributed by atoms with E-state index in [1.807, 2.05) is 6.20 Å². The zero-order chi connectivity index (χ0) is 14.4. The van der Waals surface area contributed by atoms with Crippen molar-refractivity contribution in [3.63, 3.8) is 0 Å². The van der Waals surface area contributed by atoms with Gasteiger partial charge in [0.25, 0.3) is 5.56 Å². The molecule has 0 radical (unpaired) electrons. The SMILES string of the molecule is CCCCCC[C@@H](C)NCc1c[nH]c2c(=O)[nH]cnc12. The van der Waals surface area contributed by atoms with Crippen LogP contribution in [-0.4, -0.2) is 21.0 Å². The molecule has 0 amide bonds. The summed E-state index contributed by atoms with van der Waals surface area (Å²) in [6, 6.07) is 0.485. The van der Waals surface area contributed by atoms with Crippen molar-refractivity contribution >= 4 is 11.0 Å². The minimum Gasteiger partial charge on any atom is -0.355 e. The van der Waals surface area contributed by atoms with Crippen molar-refractivity contribution in [1.29, 1.82) is 0 Å². The number of hydrogen-bond acceptors (Lipinski definition) is 3. The molecule has 2 aromatic rings. The summed E-state index contributed by atoms with van der Waals surface area (Å²) in [6.45, 7) is 5.18. The zero-order valence-electron chi connectivity index (χ0n) is 12.3. The molecule has 0 spiro atoms. The molecule has 0 aliphatic rings. The molecule has 2 aromatic heterocycles. The summed E-state index contributed by atoms with van der Waals surface area (Å²) in [5.74, 6) is 0. The molecule has 0 aliphatic carbocycles. The van der Waals surface area contributed by atoms with Crippen LogP contribution in [-0.2, 0) is 6.54 Å². The summed E-state index contributed by atoms with van der Waals surface area (Å²) in [5, 5.41) is 3.50. The van der Waals surface area contributed by atoms with Gasteiger partial charge in [0.1, 0.15) is 5.52 Å². The molecule has 0 aromatic carbocycles. The highest BCUT2D eigenvalue weighted by Gasteiger charge is 2.08. The van der Waals surface area contributed by atoms with Crippen LogP contribution < -0.4 is 10.9 Å². The molecule has 0 aliphatic heterocycles. The van der Waals surface area contributed by atoms with Gasteiger partial charge in [-0.2, -0.15) is 0 Å². The van der Waals surface area contributed by atoms with Gasteiger partial charge >= 0.3 is 0 Å². The number of hydrogen-bond donors (Lipinski definition) is 3. The van der Waals surface area contributed by atoms with Gasteiger partial charge in [-0.3, -0.25) is 4.79 Å². The first kappa shape index (κ1) is 14.8. The lowest BCUT2D eigenvalue weighted by Gasteiger charge is -2.13. The maximum atomic E-state index is 11.6. The molecule has 2 rings (SSSR count). The second-order valence-corrected chi connectivity index (χ2v) is 5.40. The van der Waals surface area contributed by atoms with Crippen LogP contribution in [0.4, 0.5) is 0 Å². The van der Waals surface area contributed by atoms with Gasteiger partial charge in [0, 0.05) is 24.3 Å². The van der Waals surface area contributed by atoms with Crippen molar-refractivity contribution in [3.05, 3.63) is 28.4 Å².